The summed E-state index contributed by atoms with van der Waals surface area (Å²) in [5, 5.41) is 3.08. The standard InChI is InChI=1S/C26H29F6NO/c1-23-11-8-17(34)13-15(23)4-6-18-19(23)9-12-24(10-2-3-20(18)24)33-22-14-16(25(27,28)29)5-7-21(22)26(30,31)32/h5,7-8,11,14-15,18-20,33H,2-4,6,9-10,12-13H2,1H3/t15?,18-,19+,20+,23+,24-/m1/s1. The maximum Gasteiger partial charge on any atom is 0.418 e. The highest BCUT2D eigenvalue weighted by molar-refractivity contribution is 5.91. The second-order valence-corrected chi connectivity index (χ2v) is 11.0. The molecule has 1 aromatic rings. The van der Waals surface area contributed by atoms with Gasteiger partial charge in [-0.05, 0) is 91.9 Å². The lowest BCUT2D eigenvalue weighted by Gasteiger charge is -2.59. The molecule has 4 aliphatic rings. The van der Waals surface area contributed by atoms with Crippen molar-refractivity contribution in [3.05, 3.63) is 41.5 Å². The summed E-state index contributed by atoms with van der Waals surface area (Å²) in [5.41, 5.74) is -3.34. The molecule has 4 aliphatic carbocycles. The van der Waals surface area contributed by atoms with Gasteiger partial charge in [0.1, 0.15) is 0 Å². The molecule has 1 unspecified atom stereocenters. The van der Waals surface area contributed by atoms with Gasteiger partial charge in [0.15, 0.2) is 5.78 Å². The normalized spacial score (nSPS) is 37.7. The Kier molecular flexibility index (Phi) is 5.41. The highest BCUT2D eigenvalue weighted by Gasteiger charge is 2.59. The number of halogens is 6. The molecular weight excluding hydrogens is 456 g/mol. The molecule has 2 nitrogen and oxygen atoms in total. The molecule has 1 N–H and O–H groups in total. The Morgan fingerprint density at radius 3 is 2.41 bits per heavy atom. The summed E-state index contributed by atoms with van der Waals surface area (Å²) in [6, 6.07) is 1.69. The van der Waals surface area contributed by atoms with E-state index in [1.807, 2.05) is 0 Å². The Balaban J connectivity index is 1.50. The van der Waals surface area contributed by atoms with Crippen LogP contribution in [-0.4, -0.2) is 11.3 Å². The third-order valence-corrected chi connectivity index (χ3v) is 9.42. The van der Waals surface area contributed by atoms with Crippen molar-refractivity contribution in [2.75, 3.05) is 5.32 Å². The number of carbonyl (C=O) groups excluding carboxylic acids is 1. The number of alkyl halides is 6. The van der Waals surface area contributed by atoms with Crippen molar-refractivity contribution in [3.8, 4) is 0 Å². The number of benzene rings is 1. The fraction of sp³-hybridized carbons (Fsp3) is 0.654. The number of fused-ring (bicyclic) bond motifs is 5. The number of rotatable bonds is 2. The lowest BCUT2D eigenvalue weighted by Crippen LogP contribution is -2.56. The Morgan fingerprint density at radius 1 is 0.941 bits per heavy atom. The minimum atomic E-state index is -4.75. The van der Waals surface area contributed by atoms with E-state index in [0.29, 0.717) is 43.4 Å². The highest BCUT2D eigenvalue weighted by atomic mass is 19.4. The van der Waals surface area contributed by atoms with Crippen LogP contribution in [0.2, 0.25) is 0 Å². The van der Waals surface area contributed by atoms with Gasteiger partial charge in [0.2, 0.25) is 0 Å². The molecule has 1 aromatic carbocycles. The maximum absolute atomic E-state index is 13.8. The van der Waals surface area contributed by atoms with Gasteiger partial charge in [-0.2, -0.15) is 26.3 Å². The number of ketones is 1. The second kappa shape index (κ2) is 7.76. The topological polar surface area (TPSA) is 29.1 Å². The van der Waals surface area contributed by atoms with Crippen molar-refractivity contribution in [2.45, 2.75) is 76.2 Å². The maximum atomic E-state index is 13.8. The van der Waals surface area contributed by atoms with E-state index < -0.39 is 34.7 Å². The number of hydrogen-bond donors (Lipinski definition) is 1. The Bertz CT molecular complexity index is 1010. The zero-order chi connectivity index (χ0) is 24.5. The van der Waals surface area contributed by atoms with Crippen LogP contribution in [0, 0.1) is 29.1 Å². The number of nitrogens with one attached hydrogen (secondary N) is 1. The summed E-state index contributed by atoms with van der Waals surface area (Å²) in [5.74, 6) is 1.15. The molecule has 5 rings (SSSR count). The quantitative estimate of drug-likeness (QED) is 0.436. The average Bonchev–Trinajstić information content (AvgIpc) is 3.16. The summed E-state index contributed by atoms with van der Waals surface area (Å²) in [6.45, 7) is 2.21. The first-order chi connectivity index (χ1) is 15.8. The molecule has 34 heavy (non-hydrogen) atoms. The van der Waals surface area contributed by atoms with Crippen LogP contribution in [0.3, 0.4) is 0 Å². The van der Waals surface area contributed by atoms with Gasteiger partial charge >= 0.3 is 12.4 Å². The van der Waals surface area contributed by atoms with Gasteiger partial charge in [0.25, 0.3) is 0 Å². The van der Waals surface area contributed by atoms with E-state index in [1.54, 1.807) is 6.08 Å². The Hall–Kier alpha value is -1.99. The smallest absolute Gasteiger partial charge is 0.379 e. The lowest BCUT2D eigenvalue weighted by molar-refractivity contribution is -0.141. The molecule has 0 spiro atoms. The van der Waals surface area contributed by atoms with Gasteiger partial charge in [-0.1, -0.05) is 19.4 Å². The molecule has 0 heterocycles. The average molecular weight is 486 g/mol. The minimum Gasteiger partial charge on any atom is -0.379 e. The predicted octanol–water partition coefficient (Wildman–Crippen LogP) is 7.65. The van der Waals surface area contributed by atoms with Crippen LogP contribution in [0.25, 0.3) is 0 Å². The van der Waals surface area contributed by atoms with Gasteiger partial charge in [-0.25, -0.2) is 0 Å². The third-order valence-electron chi connectivity index (χ3n) is 9.42. The number of anilines is 1. The lowest BCUT2D eigenvalue weighted by atomic mass is 9.47. The minimum absolute atomic E-state index is 0.102. The SMILES string of the molecule is C[C@]12C=CC(=O)CC1CC[C@H]1[C@@H]3CCC[C@@]3(Nc3cc(C(F)(F)F)ccc3C(F)(F)F)CC[C@@H]12. The summed E-state index contributed by atoms with van der Waals surface area (Å²) in [6.07, 6.45) is 0.404. The molecule has 8 heteroatoms. The molecule has 0 bridgehead atoms. The van der Waals surface area contributed by atoms with Gasteiger partial charge in [0.05, 0.1) is 11.1 Å². The molecular formula is C26H29F6NO. The number of hydrogen-bond acceptors (Lipinski definition) is 2. The van der Waals surface area contributed by atoms with Gasteiger partial charge < -0.3 is 5.32 Å². The van der Waals surface area contributed by atoms with Crippen molar-refractivity contribution in [1.82, 2.24) is 0 Å². The van der Waals surface area contributed by atoms with Crippen molar-refractivity contribution in [1.29, 1.82) is 0 Å². The van der Waals surface area contributed by atoms with Crippen LogP contribution in [0.4, 0.5) is 32.0 Å². The molecule has 3 fully saturated rings. The Morgan fingerprint density at radius 2 is 1.71 bits per heavy atom. The molecule has 0 saturated heterocycles. The molecule has 186 valence electrons. The van der Waals surface area contributed by atoms with Crippen LogP contribution >= 0.6 is 0 Å². The highest BCUT2D eigenvalue weighted by Crippen LogP contribution is 2.63. The van der Waals surface area contributed by atoms with Gasteiger partial charge in [-0.15, -0.1) is 0 Å². The van der Waals surface area contributed by atoms with Crippen molar-refractivity contribution in [3.63, 3.8) is 0 Å². The summed E-state index contributed by atoms with van der Waals surface area (Å²) < 4.78 is 81.3. The number of allylic oxidation sites excluding steroid dienone is 2. The van der Waals surface area contributed by atoms with E-state index in [9.17, 15) is 31.1 Å². The number of carbonyl (C=O) groups is 1. The molecule has 0 aromatic heterocycles. The van der Waals surface area contributed by atoms with E-state index in [4.69, 9.17) is 0 Å². The van der Waals surface area contributed by atoms with Gasteiger partial charge in [0, 0.05) is 17.6 Å². The molecule has 6 atom stereocenters. The van der Waals surface area contributed by atoms with E-state index in [0.717, 1.165) is 32.1 Å². The monoisotopic (exact) mass is 485 g/mol. The van der Waals surface area contributed by atoms with Crippen LogP contribution < -0.4 is 5.32 Å². The first kappa shape index (κ1) is 23.7. The fourth-order valence-corrected chi connectivity index (χ4v) is 7.85. The first-order valence-electron chi connectivity index (χ1n) is 12.1. The van der Waals surface area contributed by atoms with Crippen LogP contribution in [-0.2, 0) is 17.1 Å². The van der Waals surface area contributed by atoms with Crippen LogP contribution in [0.15, 0.2) is 30.4 Å². The van der Waals surface area contributed by atoms with Crippen molar-refractivity contribution >= 4 is 11.5 Å². The second-order valence-electron chi connectivity index (χ2n) is 11.0. The molecule has 0 radical (unpaired) electrons. The zero-order valence-corrected chi connectivity index (χ0v) is 19.0. The van der Waals surface area contributed by atoms with Gasteiger partial charge in [-0.3, -0.25) is 4.79 Å². The molecule has 0 aliphatic heterocycles. The largest absolute Gasteiger partial charge is 0.418 e. The zero-order valence-electron chi connectivity index (χ0n) is 19.0. The first-order valence-corrected chi connectivity index (χ1v) is 12.1. The summed E-state index contributed by atoms with van der Waals surface area (Å²) >= 11 is 0. The van der Waals surface area contributed by atoms with E-state index in [-0.39, 0.29) is 29.0 Å². The fourth-order valence-electron chi connectivity index (χ4n) is 7.85. The van der Waals surface area contributed by atoms with Crippen molar-refractivity contribution < 1.29 is 31.1 Å². The third kappa shape index (κ3) is 3.76. The Labute approximate surface area is 195 Å². The van der Waals surface area contributed by atoms with Crippen molar-refractivity contribution in [2.24, 2.45) is 29.1 Å². The van der Waals surface area contributed by atoms with Crippen LogP contribution in [0.1, 0.15) is 69.4 Å². The van der Waals surface area contributed by atoms with E-state index in [1.165, 1.54) is 0 Å². The predicted molar refractivity (Wildman–Crippen MR) is 116 cm³/mol. The summed E-state index contributed by atoms with van der Waals surface area (Å²) in [7, 11) is 0. The summed E-state index contributed by atoms with van der Waals surface area (Å²) in [4.78, 5) is 12.0. The van der Waals surface area contributed by atoms with E-state index >= 15 is 0 Å². The van der Waals surface area contributed by atoms with Crippen LogP contribution in [0.5, 0.6) is 0 Å². The van der Waals surface area contributed by atoms with E-state index in [2.05, 4.69) is 18.3 Å². The molecule has 3 saturated carbocycles. The molecule has 0 amide bonds.